The number of esters is 1. The van der Waals surface area contributed by atoms with E-state index in [-0.39, 0.29) is 17.3 Å². The molecule has 0 spiro atoms. The van der Waals surface area contributed by atoms with E-state index in [2.05, 4.69) is 5.32 Å². The molecule has 1 amide bonds. The van der Waals surface area contributed by atoms with Crippen molar-refractivity contribution in [1.82, 2.24) is 0 Å². The minimum atomic E-state index is -0.935. The van der Waals surface area contributed by atoms with Gasteiger partial charge in [0.25, 0.3) is 0 Å². The van der Waals surface area contributed by atoms with Crippen LogP contribution in [-0.4, -0.2) is 36.1 Å². The van der Waals surface area contributed by atoms with E-state index in [4.69, 9.17) is 9.47 Å². The van der Waals surface area contributed by atoms with Crippen molar-refractivity contribution in [1.29, 1.82) is 0 Å². The SMILES string of the molecule is CCOc1ccc(C(=O)[C@H](C)OC(=O)c2ccc3c(c2)NC(=O)CS3)cc1. The van der Waals surface area contributed by atoms with Crippen LogP contribution in [0, 0.1) is 0 Å². The second-order valence-corrected chi connectivity index (χ2v) is 6.93. The minimum absolute atomic E-state index is 0.114. The van der Waals surface area contributed by atoms with Gasteiger partial charge in [-0.2, -0.15) is 0 Å². The van der Waals surface area contributed by atoms with E-state index in [0.717, 1.165) is 4.90 Å². The molecule has 2 aromatic carbocycles. The maximum Gasteiger partial charge on any atom is 0.338 e. The molecule has 2 aromatic rings. The van der Waals surface area contributed by atoms with Gasteiger partial charge < -0.3 is 14.8 Å². The number of benzene rings is 2. The molecule has 0 fully saturated rings. The highest BCUT2D eigenvalue weighted by atomic mass is 32.2. The number of ketones is 1. The Kier molecular flexibility index (Phi) is 5.81. The topological polar surface area (TPSA) is 81.7 Å². The van der Waals surface area contributed by atoms with Gasteiger partial charge in [-0.25, -0.2) is 4.79 Å². The molecular weight excluding hydrogens is 366 g/mol. The van der Waals surface area contributed by atoms with Crippen molar-refractivity contribution < 1.29 is 23.9 Å². The molecule has 27 heavy (non-hydrogen) atoms. The van der Waals surface area contributed by atoms with E-state index < -0.39 is 12.1 Å². The highest BCUT2D eigenvalue weighted by Gasteiger charge is 2.22. The fourth-order valence-electron chi connectivity index (χ4n) is 2.61. The molecule has 1 heterocycles. The summed E-state index contributed by atoms with van der Waals surface area (Å²) in [6.07, 6.45) is -0.935. The lowest BCUT2D eigenvalue weighted by Gasteiger charge is -2.17. The normalized spacial score (nSPS) is 13.9. The van der Waals surface area contributed by atoms with Gasteiger partial charge in [-0.3, -0.25) is 9.59 Å². The predicted molar refractivity (Wildman–Crippen MR) is 103 cm³/mol. The number of nitrogens with one attached hydrogen (secondary N) is 1. The van der Waals surface area contributed by atoms with Crippen LogP contribution in [0.4, 0.5) is 5.69 Å². The van der Waals surface area contributed by atoms with E-state index in [1.165, 1.54) is 18.7 Å². The summed E-state index contributed by atoms with van der Waals surface area (Å²) in [6, 6.07) is 11.6. The average molecular weight is 385 g/mol. The van der Waals surface area contributed by atoms with Gasteiger partial charge in [-0.05, 0) is 56.3 Å². The highest BCUT2D eigenvalue weighted by Crippen LogP contribution is 2.32. The third kappa shape index (κ3) is 4.49. The summed E-state index contributed by atoms with van der Waals surface area (Å²) in [6.45, 7) is 3.96. The van der Waals surface area contributed by atoms with Gasteiger partial charge in [0.2, 0.25) is 11.7 Å². The third-order valence-electron chi connectivity index (χ3n) is 3.95. The summed E-state index contributed by atoms with van der Waals surface area (Å²) in [5.41, 5.74) is 1.30. The largest absolute Gasteiger partial charge is 0.494 e. The molecule has 7 heteroatoms. The Morgan fingerprint density at radius 3 is 2.56 bits per heavy atom. The summed E-state index contributed by atoms with van der Waals surface area (Å²) < 4.78 is 10.7. The van der Waals surface area contributed by atoms with Crippen LogP contribution in [0.25, 0.3) is 0 Å². The number of anilines is 1. The van der Waals surface area contributed by atoms with Crippen LogP contribution in [0.1, 0.15) is 34.6 Å². The van der Waals surface area contributed by atoms with Gasteiger partial charge in [0.05, 0.1) is 23.6 Å². The number of amides is 1. The van der Waals surface area contributed by atoms with Crippen LogP contribution in [0.3, 0.4) is 0 Å². The van der Waals surface area contributed by atoms with Crippen LogP contribution in [-0.2, 0) is 9.53 Å². The molecular formula is C20H19NO5S. The molecule has 1 N–H and O–H groups in total. The standard InChI is InChI=1S/C20H19NO5S/c1-3-25-15-7-4-13(5-8-15)19(23)12(2)26-20(24)14-6-9-17-16(10-14)21-18(22)11-27-17/h4-10,12H,3,11H2,1-2H3,(H,21,22)/t12-/m0/s1. The number of carbonyl (C=O) groups is 3. The smallest absolute Gasteiger partial charge is 0.338 e. The Labute approximate surface area is 161 Å². The summed E-state index contributed by atoms with van der Waals surface area (Å²) in [5, 5.41) is 2.73. The minimum Gasteiger partial charge on any atom is -0.494 e. The molecule has 1 aliphatic heterocycles. The summed E-state index contributed by atoms with van der Waals surface area (Å²) >= 11 is 1.41. The van der Waals surface area contributed by atoms with Gasteiger partial charge in [0, 0.05) is 10.5 Å². The van der Waals surface area contributed by atoms with Crippen LogP contribution in [0.5, 0.6) is 5.75 Å². The zero-order chi connectivity index (χ0) is 19.4. The Hall–Kier alpha value is -2.80. The molecule has 0 bridgehead atoms. The number of Topliss-reactive ketones (excluding diaryl/α,β-unsaturated/α-hetero) is 1. The van der Waals surface area contributed by atoms with Crippen molar-refractivity contribution >= 4 is 35.1 Å². The number of thioether (sulfide) groups is 1. The number of fused-ring (bicyclic) bond motifs is 1. The molecule has 3 rings (SSSR count). The zero-order valence-corrected chi connectivity index (χ0v) is 15.8. The zero-order valence-electron chi connectivity index (χ0n) is 15.0. The van der Waals surface area contributed by atoms with Crippen LogP contribution >= 0.6 is 11.8 Å². The molecule has 0 aromatic heterocycles. The molecule has 0 aliphatic carbocycles. The Morgan fingerprint density at radius 2 is 1.85 bits per heavy atom. The number of hydrogen-bond acceptors (Lipinski definition) is 6. The van der Waals surface area contributed by atoms with Crippen LogP contribution in [0.2, 0.25) is 0 Å². The van der Waals surface area contributed by atoms with Crippen LogP contribution < -0.4 is 10.1 Å². The maximum atomic E-state index is 12.5. The Balaban J connectivity index is 1.67. The van der Waals surface area contributed by atoms with Crippen molar-refractivity contribution in [2.24, 2.45) is 0 Å². The molecule has 1 aliphatic rings. The van der Waals surface area contributed by atoms with Crippen LogP contribution in [0.15, 0.2) is 47.4 Å². The summed E-state index contributed by atoms with van der Waals surface area (Å²) in [5.74, 6) is -0.00269. The molecule has 0 saturated carbocycles. The molecule has 6 nitrogen and oxygen atoms in total. The van der Waals surface area contributed by atoms with Crippen molar-refractivity contribution in [3.8, 4) is 5.75 Å². The number of rotatable bonds is 6. The van der Waals surface area contributed by atoms with Crippen molar-refractivity contribution in [2.75, 3.05) is 17.7 Å². The first-order chi connectivity index (χ1) is 13.0. The van der Waals surface area contributed by atoms with E-state index in [9.17, 15) is 14.4 Å². The monoisotopic (exact) mass is 385 g/mol. The molecule has 140 valence electrons. The first kappa shape index (κ1) is 19.0. The second-order valence-electron chi connectivity index (χ2n) is 5.92. The van der Waals surface area contributed by atoms with Gasteiger partial charge >= 0.3 is 5.97 Å². The van der Waals surface area contributed by atoms with Gasteiger partial charge in [0.1, 0.15) is 5.75 Å². The Morgan fingerprint density at radius 1 is 1.15 bits per heavy atom. The Bertz CT molecular complexity index is 878. The van der Waals surface area contributed by atoms with Gasteiger partial charge in [-0.1, -0.05) is 0 Å². The molecule has 0 radical (unpaired) electrons. The van der Waals surface area contributed by atoms with Crippen molar-refractivity contribution in [3.63, 3.8) is 0 Å². The average Bonchev–Trinajstić information content (AvgIpc) is 2.67. The van der Waals surface area contributed by atoms with Crippen molar-refractivity contribution in [3.05, 3.63) is 53.6 Å². The number of carbonyl (C=O) groups excluding carboxylic acids is 3. The van der Waals surface area contributed by atoms with Gasteiger partial charge in [-0.15, -0.1) is 11.8 Å². The quantitative estimate of drug-likeness (QED) is 0.605. The fraction of sp³-hybridized carbons (Fsp3) is 0.250. The van der Waals surface area contributed by atoms with Crippen molar-refractivity contribution in [2.45, 2.75) is 24.8 Å². The van der Waals surface area contributed by atoms with E-state index >= 15 is 0 Å². The number of hydrogen-bond donors (Lipinski definition) is 1. The summed E-state index contributed by atoms with van der Waals surface area (Å²) in [7, 11) is 0. The molecule has 0 unspecified atom stereocenters. The second kappa shape index (κ2) is 8.26. The number of ether oxygens (including phenoxy) is 2. The molecule has 1 atom stereocenters. The lowest BCUT2D eigenvalue weighted by molar-refractivity contribution is -0.113. The predicted octanol–water partition coefficient (Wildman–Crippen LogP) is 3.56. The summed E-state index contributed by atoms with van der Waals surface area (Å²) in [4.78, 5) is 37.2. The highest BCUT2D eigenvalue weighted by molar-refractivity contribution is 8.00. The van der Waals surface area contributed by atoms with E-state index in [0.29, 0.717) is 29.4 Å². The third-order valence-corrected chi connectivity index (χ3v) is 5.02. The lowest BCUT2D eigenvalue weighted by Crippen LogP contribution is -2.25. The first-order valence-electron chi connectivity index (χ1n) is 8.52. The maximum absolute atomic E-state index is 12.5. The molecule has 0 saturated heterocycles. The van der Waals surface area contributed by atoms with E-state index in [1.54, 1.807) is 42.5 Å². The van der Waals surface area contributed by atoms with E-state index in [1.807, 2.05) is 6.92 Å². The van der Waals surface area contributed by atoms with Gasteiger partial charge in [0.15, 0.2) is 6.10 Å². The first-order valence-corrected chi connectivity index (χ1v) is 9.51. The fourth-order valence-corrected chi connectivity index (χ4v) is 3.40. The lowest BCUT2D eigenvalue weighted by atomic mass is 10.1.